The molecule has 7 heteroatoms. The van der Waals surface area contributed by atoms with Gasteiger partial charge in [-0.3, -0.25) is 10.1 Å². The van der Waals surface area contributed by atoms with Gasteiger partial charge in [0, 0.05) is 12.1 Å². The predicted molar refractivity (Wildman–Crippen MR) is 86.5 cm³/mol. The van der Waals surface area contributed by atoms with Gasteiger partial charge in [-0.25, -0.2) is 4.79 Å². The van der Waals surface area contributed by atoms with Crippen LogP contribution in [0.25, 0.3) is 0 Å². The second-order valence-corrected chi connectivity index (χ2v) is 4.97. The Labute approximate surface area is 138 Å². The van der Waals surface area contributed by atoms with Gasteiger partial charge in [0.15, 0.2) is 0 Å². The summed E-state index contributed by atoms with van der Waals surface area (Å²) in [5.74, 6) is 0.238. The molecule has 0 aliphatic rings. The first-order chi connectivity index (χ1) is 11.5. The van der Waals surface area contributed by atoms with E-state index >= 15 is 0 Å². The molecule has 1 atom stereocenters. The summed E-state index contributed by atoms with van der Waals surface area (Å²) in [6.45, 7) is 1.64. The van der Waals surface area contributed by atoms with E-state index < -0.39 is 17.0 Å². The van der Waals surface area contributed by atoms with Crippen molar-refractivity contribution in [2.75, 3.05) is 14.2 Å². The lowest BCUT2D eigenvalue weighted by Crippen LogP contribution is -2.11. The highest BCUT2D eigenvalue weighted by Gasteiger charge is 2.20. The van der Waals surface area contributed by atoms with E-state index in [1.165, 1.54) is 32.4 Å². The zero-order valence-corrected chi connectivity index (χ0v) is 13.5. The molecule has 0 saturated heterocycles. The van der Waals surface area contributed by atoms with E-state index in [9.17, 15) is 14.9 Å². The summed E-state index contributed by atoms with van der Waals surface area (Å²) in [5.41, 5.74) is 0.683. The van der Waals surface area contributed by atoms with Crippen molar-refractivity contribution in [1.29, 1.82) is 0 Å². The van der Waals surface area contributed by atoms with Crippen molar-refractivity contribution in [2.24, 2.45) is 0 Å². The number of carbonyl (C=O) groups excluding carboxylic acids is 1. The molecule has 2 aromatic carbocycles. The second kappa shape index (κ2) is 7.45. The third-order valence-corrected chi connectivity index (χ3v) is 3.46. The van der Waals surface area contributed by atoms with Crippen molar-refractivity contribution in [2.45, 2.75) is 13.0 Å². The molecule has 0 aromatic heterocycles. The molecule has 0 fully saturated rings. The zero-order chi connectivity index (χ0) is 17.7. The van der Waals surface area contributed by atoms with Crippen molar-refractivity contribution >= 4 is 11.7 Å². The Hall–Kier alpha value is -3.09. The molecule has 0 radical (unpaired) electrons. The Bertz CT molecular complexity index is 758. The van der Waals surface area contributed by atoms with Gasteiger partial charge in [0.05, 0.1) is 19.1 Å². The van der Waals surface area contributed by atoms with Crippen molar-refractivity contribution in [3.8, 4) is 11.5 Å². The van der Waals surface area contributed by atoms with E-state index in [2.05, 4.69) is 0 Å². The molecule has 0 aliphatic carbocycles. The van der Waals surface area contributed by atoms with Crippen LogP contribution in [0.15, 0.2) is 42.5 Å². The molecule has 0 heterocycles. The largest absolute Gasteiger partial charge is 0.497 e. The van der Waals surface area contributed by atoms with Gasteiger partial charge < -0.3 is 14.2 Å². The molecule has 2 aromatic rings. The topological polar surface area (TPSA) is 87.9 Å². The lowest BCUT2D eigenvalue weighted by molar-refractivity contribution is -0.385. The number of nitrogens with zero attached hydrogens (tertiary/aromatic N) is 1. The predicted octanol–water partition coefficient (Wildman–Crippen LogP) is 3.53. The SMILES string of the molecule is COc1ccc(OC)c(C(=O)OC(C)c2cccc([N+](=O)[O-])c2)c1. The minimum atomic E-state index is -0.659. The van der Waals surface area contributed by atoms with Crippen LogP contribution in [0.2, 0.25) is 0 Å². The average Bonchev–Trinajstić information content (AvgIpc) is 2.61. The number of nitro groups is 1. The van der Waals surface area contributed by atoms with Gasteiger partial charge in [0.2, 0.25) is 0 Å². The summed E-state index contributed by atoms with van der Waals surface area (Å²) >= 11 is 0. The van der Waals surface area contributed by atoms with Crippen LogP contribution >= 0.6 is 0 Å². The van der Waals surface area contributed by atoms with E-state index in [1.807, 2.05) is 0 Å². The number of hydrogen-bond acceptors (Lipinski definition) is 6. The first kappa shape index (κ1) is 17.3. The van der Waals surface area contributed by atoms with E-state index in [0.29, 0.717) is 17.1 Å². The summed E-state index contributed by atoms with van der Waals surface area (Å²) in [5, 5.41) is 10.8. The monoisotopic (exact) mass is 331 g/mol. The van der Waals surface area contributed by atoms with Crippen LogP contribution in [0.5, 0.6) is 11.5 Å². The summed E-state index contributed by atoms with van der Waals surface area (Å²) in [6, 6.07) is 10.7. The molecule has 0 aliphatic heterocycles. The number of methoxy groups -OCH3 is 2. The number of carbonyl (C=O) groups is 1. The van der Waals surface area contributed by atoms with Crippen LogP contribution in [0.3, 0.4) is 0 Å². The summed E-state index contributed by atoms with van der Waals surface area (Å²) in [4.78, 5) is 22.7. The van der Waals surface area contributed by atoms with Gasteiger partial charge in [-0.05, 0) is 30.7 Å². The number of benzene rings is 2. The van der Waals surface area contributed by atoms with Gasteiger partial charge in [-0.1, -0.05) is 12.1 Å². The smallest absolute Gasteiger partial charge is 0.342 e. The van der Waals surface area contributed by atoms with Crippen molar-refractivity contribution in [3.63, 3.8) is 0 Å². The number of nitro benzene ring substituents is 1. The number of rotatable bonds is 6. The number of hydrogen-bond donors (Lipinski definition) is 0. The van der Waals surface area contributed by atoms with Gasteiger partial charge in [-0.2, -0.15) is 0 Å². The lowest BCUT2D eigenvalue weighted by atomic mass is 10.1. The van der Waals surface area contributed by atoms with Crippen LogP contribution < -0.4 is 9.47 Å². The number of non-ortho nitro benzene ring substituents is 1. The number of esters is 1. The van der Waals surface area contributed by atoms with Gasteiger partial charge >= 0.3 is 5.97 Å². The van der Waals surface area contributed by atoms with Crippen LogP contribution in [0, 0.1) is 10.1 Å². The molecule has 0 N–H and O–H groups in total. The van der Waals surface area contributed by atoms with Crippen molar-refractivity contribution in [1.82, 2.24) is 0 Å². The Morgan fingerprint density at radius 1 is 1.12 bits per heavy atom. The molecule has 0 bridgehead atoms. The fourth-order valence-corrected chi connectivity index (χ4v) is 2.16. The highest BCUT2D eigenvalue weighted by atomic mass is 16.6. The minimum absolute atomic E-state index is 0.0608. The Morgan fingerprint density at radius 2 is 1.88 bits per heavy atom. The van der Waals surface area contributed by atoms with Gasteiger partial charge in [-0.15, -0.1) is 0 Å². The molecular formula is C17H17NO6. The average molecular weight is 331 g/mol. The third-order valence-electron chi connectivity index (χ3n) is 3.46. The van der Waals surface area contributed by atoms with E-state index in [1.54, 1.807) is 31.2 Å². The standard InChI is InChI=1S/C17H17NO6/c1-11(12-5-4-6-13(9-12)18(20)21)24-17(19)15-10-14(22-2)7-8-16(15)23-3/h4-11H,1-3H3. The van der Waals surface area contributed by atoms with E-state index in [-0.39, 0.29) is 11.3 Å². The number of ether oxygens (including phenoxy) is 3. The van der Waals surface area contributed by atoms with Gasteiger partial charge in [0.25, 0.3) is 5.69 Å². The highest BCUT2D eigenvalue weighted by molar-refractivity contribution is 5.93. The van der Waals surface area contributed by atoms with E-state index in [4.69, 9.17) is 14.2 Å². The third kappa shape index (κ3) is 3.81. The quantitative estimate of drug-likeness (QED) is 0.457. The Kier molecular flexibility index (Phi) is 5.36. The zero-order valence-electron chi connectivity index (χ0n) is 13.5. The van der Waals surface area contributed by atoms with Crippen LogP contribution in [0.4, 0.5) is 5.69 Å². The fraction of sp³-hybridized carbons (Fsp3) is 0.235. The molecule has 1 unspecified atom stereocenters. The van der Waals surface area contributed by atoms with Crippen LogP contribution in [-0.4, -0.2) is 25.1 Å². The molecule has 7 nitrogen and oxygen atoms in total. The van der Waals surface area contributed by atoms with Crippen molar-refractivity contribution < 1.29 is 23.9 Å². The van der Waals surface area contributed by atoms with Crippen LogP contribution in [-0.2, 0) is 4.74 Å². The second-order valence-electron chi connectivity index (χ2n) is 4.97. The maximum Gasteiger partial charge on any atom is 0.342 e. The fourth-order valence-electron chi connectivity index (χ4n) is 2.16. The Balaban J connectivity index is 2.23. The van der Waals surface area contributed by atoms with Crippen LogP contribution in [0.1, 0.15) is 28.9 Å². The molecule has 126 valence electrons. The summed E-state index contributed by atoms with van der Waals surface area (Å²) in [6.07, 6.45) is -0.659. The van der Waals surface area contributed by atoms with Crippen molar-refractivity contribution in [3.05, 3.63) is 63.7 Å². The Morgan fingerprint density at radius 3 is 2.50 bits per heavy atom. The first-order valence-corrected chi connectivity index (χ1v) is 7.13. The normalized spacial score (nSPS) is 11.5. The molecule has 2 rings (SSSR count). The highest BCUT2D eigenvalue weighted by Crippen LogP contribution is 2.28. The first-order valence-electron chi connectivity index (χ1n) is 7.13. The van der Waals surface area contributed by atoms with Gasteiger partial charge in [0.1, 0.15) is 23.2 Å². The maximum absolute atomic E-state index is 12.4. The molecule has 0 saturated carbocycles. The molecule has 0 amide bonds. The van der Waals surface area contributed by atoms with E-state index in [0.717, 1.165) is 0 Å². The minimum Gasteiger partial charge on any atom is -0.497 e. The molecule has 0 spiro atoms. The molecular weight excluding hydrogens is 314 g/mol. The lowest BCUT2D eigenvalue weighted by Gasteiger charge is -2.15. The molecule has 24 heavy (non-hydrogen) atoms. The summed E-state index contributed by atoms with van der Waals surface area (Å²) < 4.78 is 15.7. The maximum atomic E-state index is 12.4. The summed E-state index contributed by atoms with van der Waals surface area (Å²) in [7, 11) is 2.94.